The predicted molar refractivity (Wildman–Crippen MR) is 52.2 cm³/mol. The maximum Gasteiger partial charge on any atom is 0.337 e. The fraction of sp³-hybridized carbons (Fsp3) is 0.750. The average Bonchev–Trinajstić information content (AvgIpc) is 2.22. The highest BCUT2D eigenvalue weighted by molar-refractivity contribution is 9.07. The largest absolute Gasteiger partial charge is 0.337 e. The van der Waals surface area contributed by atoms with E-state index in [2.05, 4.69) is 16.1 Å². The van der Waals surface area contributed by atoms with Gasteiger partial charge in [-0.15, -0.1) is 0 Å². The van der Waals surface area contributed by atoms with Crippen molar-refractivity contribution in [3.05, 3.63) is 0 Å². The van der Waals surface area contributed by atoms with Crippen molar-refractivity contribution in [3.8, 4) is 0 Å². The number of hydrogen-bond acceptors (Lipinski definition) is 2. The molecule has 1 heterocycles. The van der Waals surface area contributed by atoms with Crippen LogP contribution in [-0.2, 0) is 4.79 Å². The van der Waals surface area contributed by atoms with Gasteiger partial charge in [0.2, 0.25) is 0 Å². The molecule has 4 nitrogen and oxygen atoms in total. The van der Waals surface area contributed by atoms with E-state index in [1.807, 2.05) is 13.8 Å². The molecule has 1 aliphatic rings. The fourth-order valence-corrected chi connectivity index (χ4v) is 2.11. The summed E-state index contributed by atoms with van der Waals surface area (Å²) in [5, 5.41) is 0. The van der Waals surface area contributed by atoms with Crippen molar-refractivity contribution in [2.75, 3.05) is 7.05 Å². The van der Waals surface area contributed by atoms with Gasteiger partial charge in [-0.1, -0.05) is 13.8 Å². The zero-order valence-corrected chi connectivity index (χ0v) is 9.75. The molecule has 5 heteroatoms. The first-order chi connectivity index (χ1) is 5.83. The normalized spacial score (nSPS) is 29.4. The first-order valence-corrected chi connectivity index (χ1v) is 4.82. The Kier molecular flexibility index (Phi) is 2.40. The second-order valence-electron chi connectivity index (χ2n) is 3.73. The summed E-state index contributed by atoms with van der Waals surface area (Å²) in [5.74, 6) is -0.0855. The molecule has 3 amide bonds. The Hall–Kier alpha value is -0.580. The molecule has 1 aliphatic heterocycles. The summed E-state index contributed by atoms with van der Waals surface area (Å²) < 4.78 is 1.33. The molecule has 74 valence electrons. The van der Waals surface area contributed by atoms with Crippen LogP contribution in [0.2, 0.25) is 0 Å². The van der Waals surface area contributed by atoms with Gasteiger partial charge < -0.3 is 0 Å². The highest BCUT2D eigenvalue weighted by Crippen LogP contribution is 2.35. The Balaban J connectivity index is 3.13. The molecule has 0 aliphatic carbocycles. The predicted octanol–water partition coefficient (Wildman–Crippen LogP) is 1.60. The van der Waals surface area contributed by atoms with E-state index in [0.717, 1.165) is 4.90 Å². The van der Waals surface area contributed by atoms with E-state index < -0.39 is 5.54 Å². The number of hydrogen-bond donors (Lipinski definition) is 0. The molecule has 1 atom stereocenters. The van der Waals surface area contributed by atoms with Gasteiger partial charge >= 0.3 is 6.03 Å². The van der Waals surface area contributed by atoms with Crippen LogP contribution in [0.25, 0.3) is 0 Å². The Labute approximate surface area is 86.2 Å². The minimum absolute atomic E-state index is 0.0771. The van der Waals surface area contributed by atoms with Crippen LogP contribution in [0.5, 0.6) is 0 Å². The van der Waals surface area contributed by atoms with E-state index in [4.69, 9.17) is 0 Å². The van der Waals surface area contributed by atoms with Gasteiger partial charge in [-0.3, -0.25) is 9.69 Å². The van der Waals surface area contributed by atoms with Gasteiger partial charge in [0.05, 0.1) is 16.1 Å². The topological polar surface area (TPSA) is 40.6 Å². The summed E-state index contributed by atoms with van der Waals surface area (Å²) in [6.45, 7) is 5.59. The summed E-state index contributed by atoms with van der Waals surface area (Å²) in [6.07, 6.45) is 0. The second kappa shape index (κ2) is 2.97. The molecule has 0 radical (unpaired) electrons. The van der Waals surface area contributed by atoms with Crippen molar-refractivity contribution in [2.45, 2.75) is 26.3 Å². The summed E-state index contributed by atoms with van der Waals surface area (Å²) in [7, 11) is 1.49. The maximum absolute atomic E-state index is 11.7. The molecule has 0 bridgehead atoms. The Morgan fingerprint density at radius 1 is 1.38 bits per heavy atom. The molecule has 1 rings (SSSR count). The van der Waals surface area contributed by atoms with E-state index in [9.17, 15) is 9.59 Å². The third kappa shape index (κ3) is 1.17. The average molecular weight is 249 g/mol. The molecule has 13 heavy (non-hydrogen) atoms. The number of likely N-dealkylation sites (N-methyl/N-ethyl adjacent to an activating group) is 1. The fourth-order valence-electron chi connectivity index (χ4n) is 1.31. The Morgan fingerprint density at radius 3 is 2.00 bits per heavy atom. The minimum atomic E-state index is -0.758. The zero-order chi connectivity index (χ0) is 10.4. The third-order valence-electron chi connectivity index (χ3n) is 2.72. The Bertz CT molecular complexity index is 267. The molecule has 1 fully saturated rings. The number of rotatable bonds is 1. The lowest BCUT2D eigenvalue weighted by Crippen LogP contribution is -2.46. The molecule has 0 aromatic carbocycles. The monoisotopic (exact) mass is 248 g/mol. The van der Waals surface area contributed by atoms with Crippen molar-refractivity contribution in [1.82, 2.24) is 8.83 Å². The van der Waals surface area contributed by atoms with Crippen LogP contribution in [0.1, 0.15) is 20.8 Å². The van der Waals surface area contributed by atoms with Crippen molar-refractivity contribution in [3.63, 3.8) is 0 Å². The van der Waals surface area contributed by atoms with E-state index in [1.165, 1.54) is 11.0 Å². The van der Waals surface area contributed by atoms with Crippen molar-refractivity contribution < 1.29 is 9.59 Å². The number of amides is 3. The first-order valence-electron chi connectivity index (χ1n) is 4.11. The lowest BCUT2D eigenvalue weighted by molar-refractivity contribution is -0.132. The van der Waals surface area contributed by atoms with Crippen LogP contribution < -0.4 is 0 Å². The number of urea groups is 1. The van der Waals surface area contributed by atoms with Crippen LogP contribution >= 0.6 is 16.1 Å². The lowest BCUT2D eigenvalue weighted by atomic mass is 9.89. The van der Waals surface area contributed by atoms with Crippen LogP contribution in [-0.4, -0.2) is 33.4 Å². The number of nitrogens with zero attached hydrogens (tertiary/aromatic N) is 2. The van der Waals surface area contributed by atoms with Crippen molar-refractivity contribution in [2.24, 2.45) is 5.92 Å². The summed E-state index contributed by atoms with van der Waals surface area (Å²) in [5.41, 5.74) is -0.758. The van der Waals surface area contributed by atoms with E-state index in [0.29, 0.717) is 0 Å². The summed E-state index contributed by atoms with van der Waals surface area (Å²) >= 11 is 3.13. The van der Waals surface area contributed by atoms with Gasteiger partial charge in [0, 0.05) is 7.05 Å². The van der Waals surface area contributed by atoms with Crippen LogP contribution in [0.3, 0.4) is 0 Å². The lowest BCUT2D eigenvalue weighted by Gasteiger charge is -2.30. The van der Waals surface area contributed by atoms with Gasteiger partial charge in [-0.05, 0) is 12.8 Å². The van der Waals surface area contributed by atoms with E-state index >= 15 is 0 Å². The molecule has 0 unspecified atom stereocenters. The third-order valence-corrected chi connectivity index (χ3v) is 3.76. The molecule has 0 saturated carbocycles. The molecular weight excluding hydrogens is 236 g/mol. The number of carbonyl (C=O) groups excluding carboxylic acids is 2. The molecule has 1 saturated heterocycles. The van der Waals surface area contributed by atoms with Crippen LogP contribution in [0.4, 0.5) is 4.79 Å². The molecular formula is C8H13BrN2O2. The van der Waals surface area contributed by atoms with Gasteiger partial charge in [0.15, 0.2) is 0 Å². The minimum Gasteiger partial charge on any atom is -0.272 e. The van der Waals surface area contributed by atoms with E-state index in [-0.39, 0.29) is 17.9 Å². The molecule has 0 aromatic heterocycles. The number of halogens is 1. The van der Waals surface area contributed by atoms with Crippen LogP contribution in [0.15, 0.2) is 0 Å². The first kappa shape index (κ1) is 10.5. The van der Waals surface area contributed by atoms with Gasteiger partial charge in [0.1, 0.15) is 5.54 Å². The van der Waals surface area contributed by atoms with Gasteiger partial charge in [-0.2, -0.15) is 0 Å². The quantitative estimate of drug-likeness (QED) is 0.523. The summed E-state index contributed by atoms with van der Waals surface area (Å²) in [4.78, 5) is 24.3. The van der Waals surface area contributed by atoms with E-state index in [1.54, 1.807) is 6.92 Å². The van der Waals surface area contributed by atoms with Crippen molar-refractivity contribution >= 4 is 28.1 Å². The zero-order valence-electron chi connectivity index (χ0n) is 8.17. The smallest absolute Gasteiger partial charge is 0.272 e. The summed E-state index contributed by atoms with van der Waals surface area (Å²) in [6, 6.07) is -0.304. The van der Waals surface area contributed by atoms with Crippen molar-refractivity contribution in [1.29, 1.82) is 0 Å². The SMILES string of the molecule is CC(C)[C@@]1(C)C(=O)N(C)C(=O)N1Br. The highest BCUT2D eigenvalue weighted by atomic mass is 79.9. The van der Waals surface area contributed by atoms with Gasteiger partial charge in [-0.25, -0.2) is 8.72 Å². The highest BCUT2D eigenvalue weighted by Gasteiger charge is 2.54. The Morgan fingerprint density at radius 2 is 1.85 bits per heavy atom. The number of carbonyl (C=O) groups is 2. The molecule has 0 N–H and O–H groups in total. The molecule has 0 aromatic rings. The molecule has 0 spiro atoms. The standard InChI is InChI=1S/C8H13BrN2O2/c1-5(2)8(3)6(12)10(4)7(13)11(8)9/h5H,1-4H3/t8-/m0/s1. The maximum atomic E-state index is 11.7. The number of imide groups is 1. The van der Waals surface area contributed by atoms with Gasteiger partial charge in [0.25, 0.3) is 5.91 Å². The second-order valence-corrected chi connectivity index (χ2v) is 4.44. The van der Waals surface area contributed by atoms with Crippen LogP contribution in [0, 0.1) is 5.92 Å².